The molecule has 0 amide bonds. The lowest BCUT2D eigenvalue weighted by molar-refractivity contribution is 0.374. The Morgan fingerprint density at radius 1 is 1.19 bits per heavy atom. The SMILES string of the molecule is CCCNC(c1c(OC)cccc1OC)c1ccnn1C. The third kappa shape index (κ3) is 3.19. The number of hydrogen-bond acceptors (Lipinski definition) is 4. The zero-order valence-electron chi connectivity index (χ0n) is 13.1. The van der Waals surface area contributed by atoms with Crippen LogP contribution in [0.3, 0.4) is 0 Å². The van der Waals surface area contributed by atoms with Gasteiger partial charge in [-0.2, -0.15) is 5.10 Å². The predicted molar refractivity (Wildman–Crippen MR) is 82.9 cm³/mol. The first-order valence-electron chi connectivity index (χ1n) is 7.15. The number of rotatable bonds is 7. The molecule has 0 fully saturated rings. The number of methoxy groups -OCH3 is 2. The van der Waals surface area contributed by atoms with Crippen LogP contribution in [0, 0.1) is 0 Å². The van der Waals surface area contributed by atoms with Crippen molar-refractivity contribution in [3.8, 4) is 11.5 Å². The summed E-state index contributed by atoms with van der Waals surface area (Å²) in [4.78, 5) is 0. The second-order valence-corrected chi connectivity index (χ2v) is 4.84. The van der Waals surface area contributed by atoms with Crippen LogP contribution in [0.15, 0.2) is 30.5 Å². The number of hydrogen-bond donors (Lipinski definition) is 1. The van der Waals surface area contributed by atoms with Gasteiger partial charge in [-0.3, -0.25) is 4.68 Å². The molecule has 1 aromatic carbocycles. The Bertz CT molecular complexity index is 558. The van der Waals surface area contributed by atoms with Crippen molar-refractivity contribution < 1.29 is 9.47 Å². The van der Waals surface area contributed by atoms with Gasteiger partial charge in [-0.05, 0) is 31.2 Å². The highest BCUT2D eigenvalue weighted by atomic mass is 16.5. The third-order valence-corrected chi connectivity index (χ3v) is 3.51. The maximum atomic E-state index is 5.54. The molecule has 0 saturated carbocycles. The van der Waals surface area contributed by atoms with Gasteiger partial charge in [-0.15, -0.1) is 0 Å². The highest BCUT2D eigenvalue weighted by Crippen LogP contribution is 2.37. The molecule has 5 heteroatoms. The normalized spacial score (nSPS) is 12.2. The van der Waals surface area contributed by atoms with Gasteiger partial charge >= 0.3 is 0 Å². The number of benzene rings is 1. The van der Waals surface area contributed by atoms with Crippen LogP contribution in [0.25, 0.3) is 0 Å². The first-order chi connectivity index (χ1) is 10.2. The smallest absolute Gasteiger partial charge is 0.127 e. The van der Waals surface area contributed by atoms with Crippen LogP contribution in [-0.4, -0.2) is 30.5 Å². The third-order valence-electron chi connectivity index (χ3n) is 3.51. The van der Waals surface area contributed by atoms with Crippen molar-refractivity contribution in [1.82, 2.24) is 15.1 Å². The van der Waals surface area contributed by atoms with E-state index < -0.39 is 0 Å². The van der Waals surface area contributed by atoms with Crippen molar-refractivity contribution in [2.75, 3.05) is 20.8 Å². The lowest BCUT2D eigenvalue weighted by Crippen LogP contribution is -2.26. The van der Waals surface area contributed by atoms with E-state index >= 15 is 0 Å². The molecule has 21 heavy (non-hydrogen) atoms. The summed E-state index contributed by atoms with van der Waals surface area (Å²) >= 11 is 0. The largest absolute Gasteiger partial charge is 0.496 e. The van der Waals surface area contributed by atoms with Gasteiger partial charge in [0.05, 0.1) is 31.5 Å². The van der Waals surface area contributed by atoms with Gasteiger partial charge in [0, 0.05) is 13.2 Å². The number of aromatic nitrogens is 2. The first kappa shape index (κ1) is 15.4. The monoisotopic (exact) mass is 289 g/mol. The van der Waals surface area contributed by atoms with E-state index in [0.717, 1.165) is 35.7 Å². The molecule has 0 aliphatic heterocycles. The molecule has 2 aromatic rings. The average Bonchev–Trinajstić information content (AvgIpc) is 2.93. The fourth-order valence-corrected chi connectivity index (χ4v) is 2.47. The molecule has 1 N–H and O–H groups in total. The van der Waals surface area contributed by atoms with Crippen molar-refractivity contribution in [1.29, 1.82) is 0 Å². The minimum absolute atomic E-state index is 0.0245. The molecular formula is C16H23N3O2. The van der Waals surface area contributed by atoms with Crippen LogP contribution in [-0.2, 0) is 7.05 Å². The average molecular weight is 289 g/mol. The molecule has 1 atom stereocenters. The van der Waals surface area contributed by atoms with E-state index in [-0.39, 0.29) is 6.04 Å². The van der Waals surface area contributed by atoms with Crippen molar-refractivity contribution in [2.24, 2.45) is 7.05 Å². The molecular weight excluding hydrogens is 266 g/mol. The summed E-state index contributed by atoms with van der Waals surface area (Å²) in [5, 5.41) is 7.83. The van der Waals surface area contributed by atoms with E-state index in [2.05, 4.69) is 17.3 Å². The minimum atomic E-state index is -0.0245. The molecule has 0 radical (unpaired) electrons. The van der Waals surface area contributed by atoms with Gasteiger partial charge in [-0.25, -0.2) is 0 Å². The standard InChI is InChI=1S/C16H23N3O2/c1-5-10-17-16(12-9-11-18-19(12)2)15-13(20-3)7-6-8-14(15)21-4/h6-9,11,16-17H,5,10H2,1-4H3. The highest BCUT2D eigenvalue weighted by Gasteiger charge is 2.24. The number of aryl methyl sites for hydroxylation is 1. The molecule has 5 nitrogen and oxygen atoms in total. The lowest BCUT2D eigenvalue weighted by Gasteiger charge is -2.23. The van der Waals surface area contributed by atoms with E-state index in [1.165, 1.54) is 0 Å². The summed E-state index contributed by atoms with van der Waals surface area (Å²) in [6.45, 7) is 3.05. The van der Waals surface area contributed by atoms with Crippen LogP contribution >= 0.6 is 0 Å². The van der Waals surface area contributed by atoms with Gasteiger partial charge in [0.2, 0.25) is 0 Å². The van der Waals surface area contributed by atoms with Crippen LogP contribution in [0.5, 0.6) is 11.5 Å². The van der Waals surface area contributed by atoms with Gasteiger partial charge in [0.25, 0.3) is 0 Å². The first-order valence-corrected chi connectivity index (χ1v) is 7.15. The van der Waals surface area contributed by atoms with Crippen LogP contribution in [0.1, 0.15) is 30.6 Å². The molecule has 0 bridgehead atoms. The number of nitrogens with zero attached hydrogens (tertiary/aromatic N) is 2. The van der Waals surface area contributed by atoms with E-state index in [4.69, 9.17) is 9.47 Å². The van der Waals surface area contributed by atoms with Gasteiger partial charge < -0.3 is 14.8 Å². The lowest BCUT2D eigenvalue weighted by atomic mass is 10.0. The van der Waals surface area contributed by atoms with Crippen molar-refractivity contribution >= 4 is 0 Å². The molecule has 0 spiro atoms. The summed E-state index contributed by atoms with van der Waals surface area (Å²) < 4.78 is 12.9. The molecule has 1 aromatic heterocycles. The van der Waals surface area contributed by atoms with E-state index in [1.807, 2.05) is 36.0 Å². The van der Waals surface area contributed by atoms with Crippen LogP contribution < -0.4 is 14.8 Å². The second-order valence-electron chi connectivity index (χ2n) is 4.84. The Morgan fingerprint density at radius 3 is 2.33 bits per heavy atom. The Kier molecular flexibility index (Phi) is 5.22. The fraction of sp³-hybridized carbons (Fsp3) is 0.438. The predicted octanol–water partition coefficient (Wildman–Crippen LogP) is 2.53. The van der Waals surface area contributed by atoms with Crippen LogP contribution in [0.2, 0.25) is 0 Å². The summed E-state index contributed by atoms with van der Waals surface area (Å²) in [6, 6.07) is 7.83. The summed E-state index contributed by atoms with van der Waals surface area (Å²) in [6.07, 6.45) is 2.85. The highest BCUT2D eigenvalue weighted by molar-refractivity contribution is 5.49. The summed E-state index contributed by atoms with van der Waals surface area (Å²) in [5.41, 5.74) is 2.07. The minimum Gasteiger partial charge on any atom is -0.496 e. The molecule has 2 rings (SSSR count). The van der Waals surface area contributed by atoms with Gasteiger partial charge in [0.1, 0.15) is 11.5 Å². The second kappa shape index (κ2) is 7.13. The Hall–Kier alpha value is -2.01. The molecule has 0 saturated heterocycles. The van der Waals surface area contributed by atoms with Crippen LogP contribution in [0.4, 0.5) is 0 Å². The number of ether oxygens (including phenoxy) is 2. The molecule has 1 unspecified atom stereocenters. The van der Waals surface area contributed by atoms with Crippen molar-refractivity contribution in [3.63, 3.8) is 0 Å². The van der Waals surface area contributed by atoms with Gasteiger partial charge in [0.15, 0.2) is 0 Å². The Labute approximate surface area is 125 Å². The quantitative estimate of drug-likeness (QED) is 0.851. The maximum absolute atomic E-state index is 5.54. The van der Waals surface area contributed by atoms with E-state index in [1.54, 1.807) is 20.4 Å². The van der Waals surface area contributed by atoms with Crippen molar-refractivity contribution in [3.05, 3.63) is 41.7 Å². The van der Waals surface area contributed by atoms with E-state index in [9.17, 15) is 0 Å². The Morgan fingerprint density at radius 2 is 1.86 bits per heavy atom. The number of nitrogens with one attached hydrogen (secondary N) is 1. The summed E-state index contributed by atoms with van der Waals surface area (Å²) in [5.74, 6) is 1.62. The van der Waals surface area contributed by atoms with E-state index in [0.29, 0.717) is 0 Å². The summed E-state index contributed by atoms with van der Waals surface area (Å²) in [7, 11) is 5.30. The zero-order valence-corrected chi connectivity index (χ0v) is 13.1. The molecule has 0 aliphatic rings. The van der Waals surface area contributed by atoms with Gasteiger partial charge in [-0.1, -0.05) is 13.0 Å². The topological polar surface area (TPSA) is 48.3 Å². The maximum Gasteiger partial charge on any atom is 0.127 e. The molecule has 0 aliphatic carbocycles. The Balaban J connectivity index is 2.53. The zero-order chi connectivity index (χ0) is 15.2. The van der Waals surface area contributed by atoms with Crippen molar-refractivity contribution in [2.45, 2.75) is 19.4 Å². The molecule has 1 heterocycles. The molecule has 114 valence electrons. The fourth-order valence-electron chi connectivity index (χ4n) is 2.47.